The summed E-state index contributed by atoms with van der Waals surface area (Å²) in [7, 11) is 1.65. The fraction of sp³-hybridized carbons (Fsp3) is 0.222. The maximum atomic E-state index is 5.30. The van der Waals surface area contributed by atoms with Crippen LogP contribution in [0.15, 0.2) is 47.6 Å². The molecule has 0 radical (unpaired) electrons. The van der Waals surface area contributed by atoms with Crippen molar-refractivity contribution in [3.8, 4) is 5.75 Å². The van der Waals surface area contributed by atoms with Crippen LogP contribution in [0.1, 0.15) is 23.6 Å². The number of hydrazone groups is 1. The van der Waals surface area contributed by atoms with E-state index < -0.39 is 0 Å². The molecule has 0 amide bonds. The average molecular weight is 327 g/mol. The molecular weight excluding hydrogens is 306 g/mol. The normalized spacial score (nSPS) is 11.0. The summed E-state index contributed by atoms with van der Waals surface area (Å²) in [5, 5.41) is 7.95. The third-order valence-electron chi connectivity index (χ3n) is 3.47. The Kier molecular flexibility index (Phi) is 5.71. The Morgan fingerprint density at radius 3 is 2.43 bits per heavy atom. The molecule has 5 heteroatoms. The Morgan fingerprint density at radius 1 is 1.09 bits per heavy atom. The molecule has 0 saturated heterocycles. The molecule has 0 unspecified atom stereocenters. The summed E-state index contributed by atoms with van der Waals surface area (Å²) < 4.78 is 5.15. The first-order chi connectivity index (χ1) is 11.0. The third-order valence-corrected chi connectivity index (χ3v) is 3.67. The van der Waals surface area contributed by atoms with Crippen LogP contribution in [-0.4, -0.2) is 17.9 Å². The largest absolute Gasteiger partial charge is 0.497 e. The molecular formula is C18H21N3OS. The zero-order chi connectivity index (χ0) is 16.8. The molecule has 120 valence electrons. The number of hydrogen-bond acceptors (Lipinski definition) is 3. The molecule has 0 heterocycles. The van der Waals surface area contributed by atoms with Crippen LogP contribution in [0.2, 0.25) is 0 Å². The number of nitrogens with one attached hydrogen (secondary N) is 2. The van der Waals surface area contributed by atoms with Crippen LogP contribution in [0, 0.1) is 13.8 Å². The number of methoxy groups -OCH3 is 1. The van der Waals surface area contributed by atoms with E-state index >= 15 is 0 Å². The summed E-state index contributed by atoms with van der Waals surface area (Å²) in [5.74, 6) is 0.821. The van der Waals surface area contributed by atoms with Gasteiger partial charge < -0.3 is 10.1 Å². The van der Waals surface area contributed by atoms with E-state index in [9.17, 15) is 0 Å². The van der Waals surface area contributed by atoms with Crippen molar-refractivity contribution in [1.29, 1.82) is 0 Å². The van der Waals surface area contributed by atoms with Crippen LogP contribution in [-0.2, 0) is 0 Å². The monoisotopic (exact) mass is 327 g/mol. The van der Waals surface area contributed by atoms with E-state index in [2.05, 4.69) is 34.0 Å². The zero-order valence-electron chi connectivity index (χ0n) is 13.8. The quantitative estimate of drug-likeness (QED) is 0.506. The van der Waals surface area contributed by atoms with Gasteiger partial charge in [-0.1, -0.05) is 12.1 Å². The minimum absolute atomic E-state index is 0.464. The molecule has 0 fully saturated rings. The highest BCUT2D eigenvalue weighted by atomic mass is 32.1. The van der Waals surface area contributed by atoms with Crippen LogP contribution in [0.25, 0.3) is 0 Å². The van der Waals surface area contributed by atoms with Gasteiger partial charge in [0.25, 0.3) is 0 Å². The van der Waals surface area contributed by atoms with E-state index in [1.54, 1.807) is 7.11 Å². The summed E-state index contributed by atoms with van der Waals surface area (Å²) in [6.07, 6.45) is 0. The Balaban J connectivity index is 2.00. The molecule has 0 atom stereocenters. The van der Waals surface area contributed by atoms with Gasteiger partial charge in [0.2, 0.25) is 0 Å². The van der Waals surface area contributed by atoms with E-state index in [-0.39, 0.29) is 0 Å². The molecule has 0 saturated carbocycles. The van der Waals surface area contributed by atoms with Gasteiger partial charge in [-0.2, -0.15) is 5.10 Å². The molecule has 0 aliphatic rings. The van der Waals surface area contributed by atoms with Gasteiger partial charge in [-0.25, -0.2) is 0 Å². The fourth-order valence-electron chi connectivity index (χ4n) is 2.05. The molecule has 23 heavy (non-hydrogen) atoms. The molecule has 0 aliphatic heterocycles. The van der Waals surface area contributed by atoms with Crippen LogP contribution in [0.3, 0.4) is 0 Å². The number of benzene rings is 2. The van der Waals surface area contributed by atoms with Crippen LogP contribution in [0.5, 0.6) is 5.75 Å². The Morgan fingerprint density at radius 2 is 1.78 bits per heavy atom. The van der Waals surface area contributed by atoms with Crippen molar-refractivity contribution in [2.45, 2.75) is 20.8 Å². The third kappa shape index (κ3) is 4.79. The van der Waals surface area contributed by atoms with Crippen LogP contribution >= 0.6 is 12.2 Å². The zero-order valence-corrected chi connectivity index (χ0v) is 14.6. The summed E-state index contributed by atoms with van der Waals surface area (Å²) in [5.41, 5.74) is 8.03. The number of thiocarbonyl (C=S) groups is 1. The van der Waals surface area contributed by atoms with Crippen LogP contribution < -0.4 is 15.5 Å². The molecule has 2 aromatic carbocycles. The van der Waals surface area contributed by atoms with Gasteiger partial charge in [-0.3, -0.25) is 5.43 Å². The molecule has 0 bridgehead atoms. The minimum Gasteiger partial charge on any atom is -0.497 e. The summed E-state index contributed by atoms with van der Waals surface area (Å²) in [6, 6.07) is 13.9. The standard InChI is InChI=1S/C18H21N3OS/c1-12-5-6-13(2)17(11-12)19-18(23)21-20-14(3)15-7-9-16(22-4)10-8-15/h5-11H,1-4H3,(H2,19,21,23)/b20-14-. The molecule has 2 N–H and O–H groups in total. The van der Waals surface area contributed by atoms with E-state index in [1.165, 1.54) is 5.56 Å². The fourth-order valence-corrected chi connectivity index (χ4v) is 2.21. The van der Waals surface area contributed by atoms with Gasteiger partial charge in [0.15, 0.2) is 5.11 Å². The second-order valence-corrected chi connectivity index (χ2v) is 5.72. The Bertz CT molecular complexity index is 724. The molecule has 0 aromatic heterocycles. The molecule has 2 rings (SSSR count). The highest BCUT2D eigenvalue weighted by Crippen LogP contribution is 2.16. The second-order valence-electron chi connectivity index (χ2n) is 5.31. The van der Waals surface area contributed by atoms with Gasteiger partial charge in [0.05, 0.1) is 12.8 Å². The van der Waals surface area contributed by atoms with Crippen molar-refractivity contribution in [2.24, 2.45) is 5.10 Å². The van der Waals surface area contributed by atoms with Gasteiger partial charge in [0, 0.05) is 5.69 Å². The SMILES string of the molecule is COc1ccc(/C(C)=N\NC(=S)Nc2cc(C)ccc2C)cc1. The second kappa shape index (κ2) is 7.74. The van der Waals surface area contributed by atoms with Crippen LogP contribution in [0.4, 0.5) is 5.69 Å². The highest BCUT2D eigenvalue weighted by Gasteiger charge is 2.02. The van der Waals surface area contributed by atoms with Gasteiger partial charge in [0.1, 0.15) is 5.75 Å². The lowest BCUT2D eigenvalue weighted by Crippen LogP contribution is -2.25. The number of hydrogen-bond donors (Lipinski definition) is 2. The maximum Gasteiger partial charge on any atom is 0.191 e. The number of nitrogens with zero attached hydrogens (tertiary/aromatic N) is 1. The first-order valence-electron chi connectivity index (χ1n) is 7.32. The lowest BCUT2D eigenvalue weighted by molar-refractivity contribution is 0.415. The van der Waals surface area contributed by atoms with Crippen molar-refractivity contribution in [3.63, 3.8) is 0 Å². The lowest BCUT2D eigenvalue weighted by Gasteiger charge is -2.11. The molecule has 4 nitrogen and oxygen atoms in total. The predicted octanol–water partition coefficient (Wildman–Crippen LogP) is 4.02. The number of anilines is 1. The Hall–Kier alpha value is -2.40. The minimum atomic E-state index is 0.464. The van der Waals surface area contributed by atoms with Gasteiger partial charge in [-0.15, -0.1) is 0 Å². The molecule has 0 spiro atoms. The number of ether oxygens (including phenoxy) is 1. The number of aryl methyl sites for hydroxylation is 2. The summed E-state index contributed by atoms with van der Waals surface area (Å²) in [6.45, 7) is 6.01. The predicted molar refractivity (Wildman–Crippen MR) is 100 cm³/mol. The molecule has 0 aliphatic carbocycles. The molecule has 2 aromatic rings. The van der Waals surface area contributed by atoms with E-state index in [4.69, 9.17) is 17.0 Å². The highest BCUT2D eigenvalue weighted by molar-refractivity contribution is 7.80. The first kappa shape index (κ1) is 17.0. The van der Waals surface area contributed by atoms with Gasteiger partial charge >= 0.3 is 0 Å². The summed E-state index contributed by atoms with van der Waals surface area (Å²) in [4.78, 5) is 0. The van der Waals surface area contributed by atoms with Crippen molar-refractivity contribution in [2.75, 3.05) is 12.4 Å². The number of rotatable bonds is 4. The average Bonchev–Trinajstić information content (AvgIpc) is 2.56. The van der Waals surface area contributed by atoms with E-state index in [0.717, 1.165) is 28.3 Å². The van der Waals surface area contributed by atoms with Crippen molar-refractivity contribution in [3.05, 3.63) is 59.2 Å². The van der Waals surface area contributed by atoms with Crippen molar-refractivity contribution >= 4 is 28.7 Å². The van der Waals surface area contributed by atoms with E-state index in [1.807, 2.05) is 45.0 Å². The van der Waals surface area contributed by atoms with Crippen molar-refractivity contribution in [1.82, 2.24) is 5.43 Å². The Labute approximate surface area is 142 Å². The first-order valence-corrected chi connectivity index (χ1v) is 7.73. The van der Waals surface area contributed by atoms with Gasteiger partial charge in [-0.05, 0) is 80.0 Å². The smallest absolute Gasteiger partial charge is 0.191 e. The lowest BCUT2D eigenvalue weighted by atomic mass is 10.1. The van der Waals surface area contributed by atoms with Crippen molar-refractivity contribution < 1.29 is 4.74 Å². The topological polar surface area (TPSA) is 45.6 Å². The maximum absolute atomic E-state index is 5.30. The van der Waals surface area contributed by atoms with E-state index in [0.29, 0.717) is 5.11 Å². The summed E-state index contributed by atoms with van der Waals surface area (Å²) >= 11 is 5.30.